The number of nitro groups is 1. The van der Waals surface area contributed by atoms with Crippen LogP contribution >= 0.6 is 11.6 Å². The highest BCUT2D eigenvalue weighted by molar-refractivity contribution is 6.31. The van der Waals surface area contributed by atoms with Crippen molar-refractivity contribution in [2.75, 3.05) is 6.54 Å². The molecule has 0 fully saturated rings. The fraction of sp³-hybridized carbons (Fsp3) is 0.333. The second-order valence-electron chi connectivity index (χ2n) is 4.01. The summed E-state index contributed by atoms with van der Waals surface area (Å²) in [6.45, 7) is 3.67. The monoisotopic (exact) mass is 299 g/mol. The average molecular weight is 300 g/mol. The van der Waals surface area contributed by atoms with Gasteiger partial charge in [-0.3, -0.25) is 19.7 Å². The summed E-state index contributed by atoms with van der Waals surface area (Å²) in [5, 5.41) is 16.0. The van der Waals surface area contributed by atoms with E-state index in [1.54, 1.807) is 6.92 Å². The van der Waals surface area contributed by atoms with Crippen molar-refractivity contribution in [3.05, 3.63) is 38.9 Å². The summed E-state index contributed by atoms with van der Waals surface area (Å²) < 4.78 is 0. The number of rotatable bonds is 5. The van der Waals surface area contributed by atoms with Crippen LogP contribution in [0.2, 0.25) is 5.02 Å². The number of hydrogen-bond acceptors (Lipinski definition) is 4. The maximum absolute atomic E-state index is 12.0. The van der Waals surface area contributed by atoms with Crippen molar-refractivity contribution >= 4 is 29.1 Å². The minimum absolute atomic E-state index is 0.143. The first kappa shape index (κ1) is 15.9. The van der Waals surface area contributed by atoms with Crippen molar-refractivity contribution in [3.63, 3.8) is 0 Å². The zero-order valence-electron chi connectivity index (χ0n) is 11.0. The Hall–Kier alpha value is -2.15. The lowest BCUT2D eigenvalue weighted by Crippen LogP contribution is -2.44. The van der Waals surface area contributed by atoms with E-state index in [4.69, 9.17) is 11.6 Å². The summed E-state index contributed by atoms with van der Waals surface area (Å²) >= 11 is 5.66. The molecule has 0 aliphatic heterocycles. The van der Waals surface area contributed by atoms with E-state index in [1.807, 2.05) is 0 Å². The first-order valence-corrected chi connectivity index (χ1v) is 6.27. The molecule has 0 saturated heterocycles. The van der Waals surface area contributed by atoms with Crippen LogP contribution in [0.3, 0.4) is 0 Å². The predicted octanol–water partition coefficient (Wildman–Crippen LogP) is 1.50. The molecule has 0 bridgehead atoms. The van der Waals surface area contributed by atoms with E-state index in [0.717, 1.165) is 6.07 Å². The van der Waals surface area contributed by atoms with E-state index in [2.05, 4.69) is 10.6 Å². The molecular weight excluding hydrogens is 286 g/mol. The Labute approximate surface area is 120 Å². The first-order chi connectivity index (χ1) is 9.36. The molecule has 0 aliphatic carbocycles. The lowest BCUT2D eigenvalue weighted by atomic mass is 10.1. The highest BCUT2D eigenvalue weighted by atomic mass is 35.5. The Bertz CT molecular complexity index is 548. The quantitative estimate of drug-likeness (QED) is 0.635. The lowest BCUT2D eigenvalue weighted by Gasteiger charge is -2.13. The van der Waals surface area contributed by atoms with Crippen LogP contribution in [0.5, 0.6) is 0 Å². The van der Waals surface area contributed by atoms with Gasteiger partial charge in [0, 0.05) is 17.6 Å². The molecule has 0 aliphatic rings. The van der Waals surface area contributed by atoms with Crippen molar-refractivity contribution < 1.29 is 14.5 Å². The molecule has 1 unspecified atom stereocenters. The molecular formula is C12H14ClN3O4. The molecule has 1 aromatic carbocycles. The fourth-order valence-electron chi connectivity index (χ4n) is 1.52. The van der Waals surface area contributed by atoms with E-state index < -0.39 is 22.6 Å². The van der Waals surface area contributed by atoms with E-state index in [1.165, 1.54) is 19.1 Å². The van der Waals surface area contributed by atoms with Gasteiger partial charge in [0.05, 0.1) is 4.92 Å². The zero-order chi connectivity index (χ0) is 15.3. The number of likely N-dealkylation sites (N-methyl/N-ethyl adjacent to an activating group) is 1. The molecule has 0 saturated carbocycles. The van der Waals surface area contributed by atoms with E-state index in [0.29, 0.717) is 6.54 Å². The van der Waals surface area contributed by atoms with Crippen molar-refractivity contribution in [1.82, 2.24) is 10.6 Å². The van der Waals surface area contributed by atoms with Crippen LogP contribution in [0.4, 0.5) is 5.69 Å². The van der Waals surface area contributed by atoms with Crippen molar-refractivity contribution in [2.24, 2.45) is 0 Å². The smallest absolute Gasteiger partial charge is 0.283 e. The molecule has 20 heavy (non-hydrogen) atoms. The summed E-state index contributed by atoms with van der Waals surface area (Å²) in [5.41, 5.74) is -0.548. The lowest BCUT2D eigenvalue weighted by molar-refractivity contribution is -0.385. The minimum atomic E-state index is -0.794. The number of amides is 2. The zero-order valence-corrected chi connectivity index (χ0v) is 11.7. The summed E-state index contributed by atoms with van der Waals surface area (Å²) in [6, 6.07) is 2.92. The van der Waals surface area contributed by atoms with Gasteiger partial charge in [-0.2, -0.15) is 0 Å². The van der Waals surface area contributed by atoms with Crippen LogP contribution in [-0.2, 0) is 4.79 Å². The van der Waals surface area contributed by atoms with Gasteiger partial charge in [-0.1, -0.05) is 11.6 Å². The number of nitrogens with one attached hydrogen (secondary N) is 2. The third kappa shape index (κ3) is 3.92. The van der Waals surface area contributed by atoms with Crippen molar-refractivity contribution in [2.45, 2.75) is 19.9 Å². The van der Waals surface area contributed by atoms with Crippen LogP contribution in [-0.4, -0.2) is 29.3 Å². The SMILES string of the molecule is CCNC(=O)C(C)NC(=O)c1ccc(Cl)cc1[N+](=O)[O-]. The predicted molar refractivity (Wildman–Crippen MR) is 73.7 cm³/mol. The van der Waals surface area contributed by atoms with Gasteiger partial charge >= 0.3 is 0 Å². The number of nitro benzene ring substituents is 1. The Morgan fingerprint density at radius 1 is 1.45 bits per heavy atom. The van der Waals surface area contributed by atoms with Gasteiger partial charge in [-0.15, -0.1) is 0 Å². The normalized spacial score (nSPS) is 11.6. The standard InChI is InChI=1S/C12H14ClN3O4/c1-3-14-11(17)7(2)15-12(18)9-5-4-8(13)6-10(9)16(19)20/h4-7H,3H2,1-2H3,(H,14,17)(H,15,18). The van der Waals surface area contributed by atoms with E-state index >= 15 is 0 Å². The molecule has 108 valence electrons. The maximum atomic E-state index is 12.0. The Kier molecular flexibility index (Phi) is 5.45. The molecule has 1 atom stereocenters. The first-order valence-electron chi connectivity index (χ1n) is 5.89. The number of carbonyl (C=O) groups is 2. The Balaban J connectivity index is 2.93. The van der Waals surface area contributed by atoms with Crippen LogP contribution < -0.4 is 10.6 Å². The minimum Gasteiger partial charge on any atom is -0.355 e. The largest absolute Gasteiger partial charge is 0.355 e. The van der Waals surface area contributed by atoms with Crippen LogP contribution in [0.15, 0.2) is 18.2 Å². The third-order valence-corrected chi connectivity index (χ3v) is 2.73. The van der Waals surface area contributed by atoms with Crippen LogP contribution in [0.1, 0.15) is 24.2 Å². The van der Waals surface area contributed by atoms with Crippen molar-refractivity contribution in [1.29, 1.82) is 0 Å². The summed E-state index contributed by atoms with van der Waals surface area (Å²) in [4.78, 5) is 33.7. The highest BCUT2D eigenvalue weighted by Gasteiger charge is 2.23. The molecule has 2 N–H and O–H groups in total. The van der Waals surface area contributed by atoms with Gasteiger partial charge < -0.3 is 10.6 Å². The van der Waals surface area contributed by atoms with Gasteiger partial charge in [0.2, 0.25) is 5.91 Å². The maximum Gasteiger partial charge on any atom is 0.283 e. The van der Waals surface area contributed by atoms with Gasteiger partial charge in [-0.05, 0) is 26.0 Å². The van der Waals surface area contributed by atoms with Crippen molar-refractivity contribution in [3.8, 4) is 0 Å². The molecule has 1 aromatic rings. The Morgan fingerprint density at radius 2 is 2.10 bits per heavy atom. The van der Waals surface area contributed by atoms with E-state index in [-0.39, 0.29) is 16.5 Å². The summed E-state index contributed by atoms with van der Waals surface area (Å²) in [6.07, 6.45) is 0. The van der Waals surface area contributed by atoms with E-state index in [9.17, 15) is 19.7 Å². The third-order valence-electron chi connectivity index (χ3n) is 2.49. The second-order valence-corrected chi connectivity index (χ2v) is 4.44. The highest BCUT2D eigenvalue weighted by Crippen LogP contribution is 2.23. The molecule has 2 amide bonds. The van der Waals surface area contributed by atoms with Gasteiger partial charge in [0.25, 0.3) is 11.6 Å². The van der Waals surface area contributed by atoms with Crippen LogP contribution in [0, 0.1) is 10.1 Å². The second kappa shape index (κ2) is 6.85. The molecule has 1 rings (SSSR count). The number of benzene rings is 1. The molecule has 0 spiro atoms. The number of halogens is 1. The molecule has 0 heterocycles. The molecule has 0 aromatic heterocycles. The number of hydrogen-bond donors (Lipinski definition) is 2. The van der Waals surface area contributed by atoms with Gasteiger partial charge in [0.1, 0.15) is 11.6 Å². The fourth-order valence-corrected chi connectivity index (χ4v) is 1.68. The van der Waals surface area contributed by atoms with Gasteiger partial charge in [-0.25, -0.2) is 0 Å². The van der Waals surface area contributed by atoms with Crippen LogP contribution in [0.25, 0.3) is 0 Å². The molecule has 7 nitrogen and oxygen atoms in total. The number of nitrogens with zero attached hydrogens (tertiary/aromatic N) is 1. The molecule has 0 radical (unpaired) electrons. The summed E-state index contributed by atoms with van der Waals surface area (Å²) in [5.74, 6) is -1.07. The van der Waals surface area contributed by atoms with Gasteiger partial charge in [0.15, 0.2) is 0 Å². The Morgan fingerprint density at radius 3 is 2.65 bits per heavy atom. The summed E-state index contributed by atoms with van der Waals surface area (Å²) in [7, 11) is 0. The molecule has 8 heteroatoms. The topological polar surface area (TPSA) is 101 Å². The average Bonchev–Trinajstić information content (AvgIpc) is 2.38. The number of carbonyl (C=O) groups excluding carboxylic acids is 2.